The second-order valence-electron chi connectivity index (χ2n) is 8.01. The molecular weight excluding hydrogens is 409 g/mol. The Morgan fingerprint density at radius 1 is 1.03 bits per heavy atom. The van der Waals surface area contributed by atoms with E-state index in [0.29, 0.717) is 17.0 Å². The van der Waals surface area contributed by atoms with Crippen molar-refractivity contribution in [1.29, 1.82) is 0 Å². The van der Waals surface area contributed by atoms with Crippen molar-refractivity contribution in [3.8, 4) is 11.3 Å². The highest BCUT2D eigenvalue weighted by molar-refractivity contribution is 5.63. The molecule has 10 heteroatoms. The molecule has 0 atom stereocenters. The van der Waals surface area contributed by atoms with Crippen molar-refractivity contribution < 1.29 is 4.39 Å². The lowest BCUT2D eigenvalue weighted by Gasteiger charge is -2.29. The van der Waals surface area contributed by atoms with Gasteiger partial charge in [0.25, 0.3) is 0 Å². The molecule has 1 saturated heterocycles. The third-order valence-corrected chi connectivity index (χ3v) is 5.43. The van der Waals surface area contributed by atoms with Gasteiger partial charge in [-0.15, -0.1) is 10.2 Å². The SMILES string of the molecule is CC(C)c1nnc2ccc(-c3nc(Nc4ccc(N5CCNCC5)cn4)ncc3F)cn12. The highest BCUT2D eigenvalue weighted by Crippen LogP contribution is 2.25. The van der Waals surface area contributed by atoms with Crippen LogP contribution in [-0.4, -0.2) is 55.7 Å². The second kappa shape index (κ2) is 8.46. The number of fused-ring (bicyclic) bond motifs is 1. The molecule has 0 aliphatic carbocycles. The Labute approximate surface area is 184 Å². The van der Waals surface area contributed by atoms with Crippen LogP contribution in [0.1, 0.15) is 25.6 Å². The third kappa shape index (κ3) is 3.96. The number of hydrogen-bond donors (Lipinski definition) is 2. The lowest BCUT2D eigenvalue weighted by Crippen LogP contribution is -2.43. The van der Waals surface area contributed by atoms with Gasteiger partial charge in [0.2, 0.25) is 5.95 Å². The van der Waals surface area contributed by atoms with Crippen molar-refractivity contribution >= 4 is 23.1 Å². The molecule has 1 aliphatic heterocycles. The van der Waals surface area contributed by atoms with Crippen LogP contribution in [0, 0.1) is 5.82 Å². The van der Waals surface area contributed by atoms with Crippen LogP contribution >= 0.6 is 0 Å². The summed E-state index contributed by atoms with van der Waals surface area (Å²) in [6, 6.07) is 7.48. The van der Waals surface area contributed by atoms with E-state index in [1.165, 1.54) is 6.20 Å². The van der Waals surface area contributed by atoms with E-state index in [4.69, 9.17) is 0 Å². The van der Waals surface area contributed by atoms with Crippen molar-refractivity contribution in [2.45, 2.75) is 19.8 Å². The number of piperazine rings is 1. The molecule has 0 saturated carbocycles. The minimum absolute atomic E-state index is 0.183. The summed E-state index contributed by atoms with van der Waals surface area (Å²) in [6.45, 7) is 7.91. The molecule has 9 nitrogen and oxygen atoms in total. The molecule has 0 bridgehead atoms. The minimum Gasteiger partial charge on any atom is -0.368 e. The van der Waals surface area contributed by atoms with Gasteiger partial charge in [-0.2, -0.15) is 0 Å². The Kier molecular flexibility index (Phi) is 5.36. The Bertz CT molecular complexity index is 1230. The number of hydrogen-bond acceptors (Lipinski definition) is 8. The van der Waals surface area contributed by atoms with E-state index < -0.39 is 5.82 Å². The van der Waals surface area contributed by atoms with Crippen molar-refractivity contribution in [2.75, 3.05) is 36.4 Å². The summed E-state index contributed by atoms with van der Waals surface area (Å²) in [5, 5.41) is 14.8. The number of anilines is 3. The highest BCUT2D eigenvalue weighted by Gasteiger charge is 2.15. The number of aromatic nitrogens is 6. The summed E-state index contributed by atoms with van der Waals surface area (Å²) in [5.41, 5.74) is 2.59. The molecular formula is C22H24FN9. The van der Waals surface area contributed by atoms with Crippen LogP contribution < -0.4 is 15.5 Å². The van der Waals surface area contributed by atoms with E-state index in [1.54, 1.807) is 18.3 Å². The fourth-order valence-corrected chi connectivity index (χ4v) is 3.76. The fourth-order valence-electron chi connectivity index (χ4n) is 3.76. The van der Waals surface area contributed by atoms with Gasteiger partial charge in [0.15, 0.2) is 11.5 Å². The van der Waals surface area contributed by atoms with Gasteiger partial charge < -0.3 is 15.5 Å². The Hall–Kier alpha value is -3.66. The lowest BCUT2D eigenvalue weighted by atomic mass is 10.2. The van der Waals surface area contributed by atoms with Crippen molar-refractivity contribution in [1.82, 2.24) is 34.9 Å². The Morgan fingerprint density at radius 3 is 2.62 bits per heavy atom. The normalized spacial score (nSPS) is 14.3. The van der Waals surface area contributed by atoms with Crippen LogP contribution in [0.15, 0.2) is 42.9 Å². The monoisotopic (exact) mass is 433 g/mol. The number of nitrogens with one attached hydrogen (secondary N) is 2. The molecule has 4 aromatic rings. The first-order chi connectivity index (χ1) is 15.6. The zero-order valence-corrected chi connectivity index (χ0v) is 18.0. The summed E-state index contributed by atoms with van der Waals surface area (Å²) in [5.74, 6) is 1.36. The van der Waals surface area contributed by atoms with Crippen LogP contribution in [0.2, 0.25) is 0 Å². The molecule has 5 heterocycles. The molecule has 0 amide bonds. The van der Waals surface area contributed by atoms with E-state index in [9.17, 15) is 4.39 Å². The topological polar surface area (TPSA) is 96.2 Å². The zero-order chi connectivity index (χ0) is 22.1. The average molecular weight is 433 g/mol. The zero-order valence-electron chi connectivity index (χ0n) is 18.0. The molecule has 4 aromatic heterocycles. The van der Waals surface area contributed by atoms with Crippen LogP contribution in [0.3, 0.4) is 0 Å². The van der Waals surface area contributed by atoms with Gasteiger partial charge in [-0.1, -0.05) is 13.8 Å². The number of halogens is 1. The van der Waals surface area contributed by atoms with E-state index in [1.807, 2.05) is 36.6 Å². The third-order valence-electron chi connectivity index (χ3n) is 5.43. The first-order valence-corrected chi connectivity index (χ1v) is 10.6. The predicted octanol–water partition coefficient (Wildman–Crippen LogP) is 3.00. The van der Waals surface area contributed by atoms with Crippen LogP contribution in [-0.2, 0) is 0 Å². The van der Waals surface area contributed by atoms with Crippen molar-refractivity contribution in [3.63, 3.8) is 0 Å². The maximum absolute atomic E-state index is 14.6. The van der Waals surface area contributed by atoms with E-state index in [2.05, 4.69) is 40.7 Å². The van der Waals surface area contributed by atoms with E-state index >= 15 is 0 Å². The maximum Gasteiger partial charge on any atom is 0.229 e. The summed E-state index contributed by atoms with van der Waals surface area (Å²) < 4.78 is 16.5. The molecule has 5 rings (SSSR count). The summed E-state index contributed by atoms with van der Waals surface area (Å²) in [7, 11) is 0. The first-order valence-electron chi connectivity index (χ1n) is 10.6. The summed E-state index contributed by atoms with van der Waals surface area (Å²) >= 11 is 0. The van der Waals surface area contributed by atoms with Crippen molar-refractivity contribution in [3.05, 3.63) is 54.5 Å². The molecule has 1 fully saturated rings. The van der Waals surface area contributed by atoms with E-state index in [-0.39, 0.29) is 17.6 Å². The van der Waals surface area contributed by atoms with Gasteiger partial charge in [-0.3, -0.25) is 4.40 Å². The lowest BCUT2D eigenvalue weighted by molar-refractivity contribution is 0.589. The Morgan fingerprint density at radius 2 is 1.88 bits per heavy atom. The molecule has 32 heavy (non-hydrogen) atoms. The number of nitrogens with zero attached hydrogens (tertiary/aromatic N) is 7. The molecule has 0 spiro atoms. The number of pyridine rings is 2. The first kappa shape index (κ1) is 20.3. The largest absolute Gasteiger partial charge is 0.368 e. The van der Waals surface area contributed by atoms with Gasteiger partial charge in [0, 0.05) is 43.9 Å². The molecule has 164 valence electrons. The van der Waals surface area contributed by atoms with Gasteiger partial charge in [-0.25, -0.2) is 19.3 Å². The smallest absolute Gasteiger partial charge is 0.229 e. The van der Waals surface area contributed by atoms with E-state index in [0.717, 1.165) is 37.7 Å². The molecule has 0 radical (unpaired) electrons. The van der Waals surface area contributed by atoms with Gasteiger partial charge in [0.1, 0.15) is 17.3 Å². The quantitative estimate of drug-likeness (QED) is 0.496. The average Bonchev–Trinajstić information content (AvgIpc) is 3.25. The maximum atomic E-state index is 14.6. The predicted molar refractivity (Wildman–Crippen MR) is 121 cm³/mol. The van der Waals surface area contributed by atoms with Gasteiger partial charge >= 0.3 is 0 Å². The highest BCUT2D eigenvalue weighted by atomic mass is 19.1. The standard InChI is InChI=1S/C22H24FN9/c1-14(2)21-30-29-19-6-3-15(13-32(19)21)20-17(23)12-26-22(28-20)27-18-5-4-16(11-25-18)31-9-7-24-8-10-31/h3-6,11-14,24H,7-10H2,1-2H3,(H,25,26,27,28). The molecule has 2 N–H and O–H groups in total. The second-order valence-corrected chi connectivity index (χ2v) is 8.01. The van der Waals surface area contributed by atoms with Gasteiger partial charge in [-0.05, 0) is 24.3 Å². The summed E-state index contributed by atoms with van der Waals surface area (Å²) in [4.78, 5) is 15.2. The molecule has 0 aromatic carbocycles. The minimum atomic E-state index is -0.504. The van der Waals surface area contributed by atoms with Crippen molar-refractivity contribution in [2.24, 2.45) is 0 Å². The molecule has 0 unspecified atom stereocenters. The van der Waals surface area contributed by atoms with Crippen LogP contribution in [0.4, 0.5) is 21.8 Å². The van der Waals surface area contributed by atoms with Gasteiger partial charge in [0.05, 0.1) is 18.1 Å². The van der Waals surface area contributed by atoms with Crippen LogP contribution in [0.25, 0.3) is 16.9 Å². The molecule has 1 aliphatic rings. The summed E-state index contributed by atoms with van der Waals surface area (Å²) in [6.07, 6.45) is 4.80. The number of rotatable bonds is 5. The fraction of sp³-hybridized carbons (Fsp3) is 0.318. The van der Waals surface area contributed by atoms with Crippen LogP contribution in [0.5, 0.6) is 0 Å². The Balaban J connectivity index is 1.40.